The lowest BCUT2D eigenvalue weighted by molar-refractivity contribution is -0.384. The largest absolute Gasteiger partial charge is 0.365 e. The molecule has 1 heterocycles. The van der Waals surface area contributed by atoms with Gasteiger partial charge in [0.25, 0.3) is 5.69 Å². The van der Waals surface area contributed by atoms with Gasteiger partial charge in [-0.3, -0.25) is 10.1 Å². The molecule has 1 aliphatic heterocycles. The first-order chi connectivity index (χ1) is 10.8. The molecular weight excluding hydrogens is 320 g/mol. The second kappa shape index (κ2) is 5.73. The Balaban J connectivity index is 1.95. The number of hydrogen-bond donors (Lipinski definition) is 2. The monoisotopic (exact) mass is 340 g/mol. The van der Waals surface area contributed by atoms with Crippen LogP contribution in [-0.2, 0) is 10.0 Å². The molecule has 3 rings (SSSR count). The van der Waals surface area contributed by atoms with Crippen molar-refractivity contribution in [1.82, 2.24) is 0 Å². The van der Waals surface area contributed by atoms with Crippen LogP contribution in [0.4, 0.5) is 11.4 Å². The van der Waals surface area contributed by atoms with Crippen molar-refractivity contribution in [2.24, 2.45) is 22.7 Å². The highest BCUT2D eigenvalue weighted by molar-refractivity contribution is 7.89. The fourth-order valence-corrected chi connectivity index (χ4v) is 4.34. The Bertz CT molecular complexity index is 736. The summed E-state index contributed by atoms with van der Waals surface area (Å²) in [5.41, 5.74) is 6.38. The van der Waals surface area contributed by atoms with Gasteiger partial charge in [-0.25, -0.2) is 13.6 Å². The second-order valence-electron chi connectivity index (χ2n) is 6.38. The average Bonchev–Trinajstić information content (AvgIpc) is 2.91. The molecule has 0 bridgehead atoms. The Morgan fingerprint density at radius 3 is 2.61 bits per heavy atom. The minimum Gasteiger partial charge on any atom is -0.365 e. The van der Waals surface area contributed by atoms with Crippen LogP contribution in [-0.4, -0.2) is 32.5 Å². The molecule has 4 N–H and O–H groups in total. The highest BCUT2D eigenvalue weighted by atomic mass is 32.2. The third kappa shape index (κ3) is 3.04. The van der Waals surface area contributed by atoms with Gasteiger partial charge in [0.05, 0.1) is 9.82 Å². The van der Waals surface area contributed by atoms with Gasteiger partial charge in [0.1, 0.15) is 5.69 Å². The molecular formula is C14H20N4O4S. The highest BCUT2D eigenvalue weighted by Crippen LogP contribution is 2.40. The molecule has 1 saturated heterocycles. The van der Waals surface area contributed by atoms with E-state index < -0.39 is 14.9 Å². The third-order valence-corrected chi connectivity index (χ3v) is 5.88. The number of nitro benzene ring substituents is 1. The zero-order valence-corrected chi connectivity index (χ0v) is 13.4. The van der Waals surface area contributed by atoms with Gasteiger partial charge in [-0.05, 0) is 36.8 Å². The van der Waals surface area contributed by atoms with E-state index in [1.54, 1.807) is 0 Å². The molecule has 0 aromatic heterocycles. The van der Waals surface area contributed by atoms with Gasteiger partial charge >= 0.3 is 0 Å². The topological polar surface area (TPSA) is 133 Å². The molecule has 3 atom stereocenters. The zero-order valence-electron chi connectivity index (χ0n) is 12.6. The lowest BCUT2D eigenvalue weighted by atomic mass is 9.78. The molecule has 0 amide bonds. The van der Waals surface area contributed by atoms with E-state index >= 15 is 0 Å². The summed E-state index contributed by atoms with van der Waals surface area (Å²) in [5.74, 6) is 0.776. The van der Waals surface area contributed by atoms with Crippen molar-refractivity contribution < 1.29 is 13.3 Å². The molecule has 3 unspecified atom stereocenters. The Kier molecular flexibility index (Phi) is 4.03. The molecule has 8 nitrogen and oxygen atoms in total. The molecule has 0 spiro atoms. The predicted octanol–water partition coefficient (Wildman–Crippen LogP) is 0.806. The smallest absolute Gasteiger partial charge is 0.293 e. The summed E-state index contributed by atoms with van der Waals surface area (Å²) in [6.45, 7) is 1.38. The predicted molar refractivity (Wildman–Crippen MR) is 85.5 cm³/mol. The van der Waals surface area contributed by atoms with Gasteiger partial charge in [-0.2, -0.15) is 0 Å². The van der Waals surface area contributed by atoms with Crippen LogP contribution in [0.3, 0.4) is 0 Å². The normalized spacial score (nSPS) is 27.7. The summed E-state index contributed by atoms with van der Waals surface area (Å²) in [4.78, 5) is 12.5. The number of benzene rings is 1. The van der Waals surface area contributed by atoms with Crippen LogP contribution in [0.5, 0.6) is 0 Å². The summed E-state index contributed by atoms with van der Waals surface area (Å²) in [6.07, 6.45) is 3.15. The molecule has 1 aromatic rings. The van der Waals surface area contributed by atoms with Crippen molar-refractivity contribution in [1.29, 1.82) is 0 Å². The summed E-state index contributed by atoms with van der Waals surface area (Å²) in [7, 11) is -3.97. The SMILES string of the molecule is NC1CCCC2CN(c3ccc(S(N)(=O)=O)cc3[N+](=O)[O-])CC12. The van der Waals surface area contributed by atoms with Crippen molar-refractivity contribution in [2.45, 2.75) is 30.2 Å². The van der Waals surface area contributed by atoms with Crippen LogP contribution in [0.15, 0.2) is 23.1 Å². The average molecular weight is 340 g/mol. The molecule has 2 fully saturated rings. The number of rotatable bonds is 3. The first kappa shape index (κ1) is 16.2. The maximum Gasteiger partial charge on any atom is 0.293 e. The van der Waals surface area contributed by atoms with E-state index in [1.165, 1.54) is 12.1 Å². The quantitative estimate of drug-likeness (QED) is 0.618. The summed E-state index contributed by atoms with van der Waals surface area (Å²) >= 11 is 0. The molecule has 9 heteroatoms. The zero-order chi connectivity index (χ0) is 16.8. The van der Waals surface area contributed by atoms with Crippen LogP contribution >= 0.6 is 0 Å². The number of hydrogen-bond acceptors (Lipinski definition) is 6. The summed E-state index contributed by atoms with van der Waals surface area (Å²) < 4.78 is 22.8. The lowest BCUT2D eigenvalue weighted by Gasteiger charge is -2.29. The Morgan fingerprint density at radius 2 is 2.00 bits per heavy atom. The molecule has 126 valence electrons. The van der Waals surface area contributed by atoms with Gasteiger partial charge in [0.15, 0.2) is 0 Å². The first-order valence-electron chi connectivity index (χ1n) is 7.59. The van der Waals surface area contributed by atoms with Crippen LogP contribution in [0.25, 0.3) is 0 Å². The van der Waals surface area contributed by atoms with E-state index in [0.29, 0.717) is 30.6 Å². The van der Waals surface area contributed by atoms with Crippen molar-refractivity contribution in [2.75, 3.05) is 18.0 Å². The number of fused-ring (bicyclic) bond motifs is 1. The van der Waals surface area contributed by atoms with Crippen LogP contribution in [0.2, 0.25) is 0 Å². The van der Waals surface area contributed by atoms with Gasteiger partial charge in [0.2, 0.25) is 10.0 Å². The Hall–Kier alpha value is -1.71. The molecule has 23 heavy (non-hydrogen) atoms. The van der Waals surface area contributed by atoms with Gasteiger partial charge in [-0.1, -0.05) is 6.42 Å². The minimum absolute atomic E-state index is 0.126. The third-order valence-electron chi connectivity index (χ3n) is 4.97. The lowest BCUT2D eigenvalue weighted by Crippen LogP contribution is -2.38. The Labute approximate surface area is 134 Å². The number of primary sulfonamides is 1. The van der Waals surface area contributed by atoms with E-state index in [-0.39, 0.29) is 16.6 Å². The number of nitrogens with two attached hydrogens (primary N) is 2. The second-order valence-corrected chi connectivity index (χ2v) is 7.94. The molecule has 1 saturated carbocycles. The molecule has 2 aliphatic rings. The van der Waals surface area contributed by atoms with Gasteiger partial charge in [0, 0.05) is 25.2 Å². The standard InChI is InChI=1S/C14H20N4O4S/c15-12-3-1-2-9-7-17(8-11(9)12)13-5-4-10(23(16,21)22)6-14(13)18(19)20/h4-6,9,11-12H,1-3,7-8,15H2,(H2,16,21,22). The van der Waals surface area contributed by atoms with Crippen LogP contribution in [0.1, 0.15) is 19.3 Å². The number of nitrogens with zero attached hydrogens (tertiary/aromatic N) is 2. The maximum absolute atomic E-state index is 11.4. The van der Waals surface area contributed by atoms with E-state index in [2.05, 4.69) is 0 Å². The van der Waals surface area contributed by atoms with Crippen molar-refractivity contribution in [3.63, 3.8) is 0 Å². The molecule has 1 aromatic carbocycles. The number of sulfonamides is 1. The molecule has 1 aliphatic carbocycles. The Morgan fingerprint density at radius 1 is 1.26 bits per heavy atom. The van der Waals surface area contributed by atoms with E-state index in [9.17, 15) is 18.5 Å². The number of nitro groups is 1. The fourth-order valence-electron chi connectivity index (χ4n) is 3.81. The van der Waals surface area contributed by atoms with E-state index in [0.717, 1.165) is 25.3 Å². The van der Waals surface area contributed by atoms with E-state index in [4.69, 9.17) is 10.9 Å². The van der Waals surface area contributed by atoms with Crippen LogP contribution < -0.4 is 15.8 Å². The van der Waals surface area contributed by atoms with Crippen molar-refractivity contribution in [3.8, 4) is 0 Å². The summed E-state index contributed by atoms with van der Waals surface area (Å²) in [5, 5.41) is 16.4. The first-order valence-corrected chi connectivity index (χ1v) is 9.14. The number of anilines is 1. The summed E-state index contributed by atoms with van der Waals surface area (Å²) in [6, 6.07) is 3.95. The van der Waals surface area contributed by atoms with Gasteiger partial charge in [-0.15, -0.1) is 0 Å². The molecule has 0 radical (unpaired) electrons. The minimum atomic E-state index is -3.97. The van der Waals surface area contributed by atoms with Crippen molar-refractivity contribution in [3.05, 3.63) is 28.3 Å². The van der Waals surface area contributed by atoms with Crippen LogP contribution in [0, 0.1) is 22.0 Å². The van der Waals surface area contributed by atoms with Crippen molar-refractivity contribution >= 4 is 21.4 Å². The maximum atomic E-state index is 11.4. The highest BCUT2D eigenvalue weighted by Gasteiger charge is 2.40. The van der Waals surface area contributed by atoms with Gasteiger partial charge < -0.3 is 10.6 Å². The van der Waals surface area contributed by atoms with E-state index in [1.807, 2.05) is 4.90 Å². The fraction of sp³-hybridized carbons (Fsp3) is 0.571.